The molecule has 2 aliphatic heterocycles. The maximum absolute atomic E-state index is 12.3. The van der Waals surface area contributed by atoms with Crippen molar-refractivity contribution in [3.8, 4) is 0 Å². The van der Waals surface area contributed by atoms with Crippen molar-refractivity contribution in [3.63, 3.8) is 0 Å². The van der Waals surface area contributed by atoms with E-state index in [4.69, 9.17) is 23.8 Å². The molecule has 0 aromatic rings. The predicted octanol–water partition coefficient (Wildman–Crippen LogP) is 3.33. The number of nitrogens with zero attached hydrogens (tertiary/aromatic N) is 3. The van der Waals surface area contributed by atoms with Gasteiger partial charge in [-0.1, -0.05) is 0 Å². The molecule has 0 aromatic heterocycles. The number of likely N-dealkylation sites (N-methyl/N-ethyl adjacent to an activating group) is 1. The van der Waals surface area contributed by atoms with Crippen LogP contribution in [0.3, 0.4) is 0 Å². The van der Waals surface area contributed by atoms with Gasteiger partial charge in [0.25, 0.3) is 5.91 Å². The lowest BCUT2D eigenvalue weighted by Gasteiger charge is -2.35. The van der Waals surface area contributed by atoms with Gasteiger partial charge in [0.1, 0.15) is 34.7 Å². The fraction of sp³-hybridized carbons (Fsp3) is 0.840. The van der Waals surface area contributed by atoms with E-state index in [0.29, 0.717) is 0 Å². The minimum Gasteiger partial charge on any atom is -0.444 e. The largest absolute Gasteiger partial charge is 0.444 e. The Hall–Kier alpha value is -2.44. The van der Waals surface area contributed by atoms with Crippen molar-refractivity contribution in [3.05, 3.63) is 0 Å². The molecule has 0 radical (unpaired) electrons. The van der Waals surface area contributed by atoms with Gasteiger partial charge in [0.05, 0.1) is 20.3 Å². The number of Topliss-reactive ketones (excluding diaryl/α,β-unsaturated/α-hetero) is 1. The smallest absolute Gasteiger partial charge is 0.413 e. The van der Waals surface area contributed by atoms with Crippen molar-refractivity contribution in [2.75, 3.05) is 27.4 Å². The number of carbonyl (C=O) groups excluding carboxylic acids is 4. The van der Waals surface area contributed by atoms with E-state index < -0.39 is 46.9 Å². The van der Waals surface area contributed by atoms with Crippen LogP contribution in [0.15, 0.2) is 0 Å². The molecular formula is C25H45N3O9. The Labute approximate surface area is 220 Å². The molecule has 12 nitrogen and oxygen atoms in total. The maximum atomic E-state index is 12.3. The first-order chi connectivity index (χ1) is 16.5. The van der Waals surface area contributed by atoms with Crippen LogP contribution in [0.2, 0.25) is 0 Å². The van der Waals surface area contributed by atoms with Crippen molar-refractivity contribution in [1.29, 1.82) is 0 Å². The summed E-state index contributed by atoms with van der Waals surface area (Å²) in [5, 5.41) is 1.08. The van der Waals surface area contributed by atoms with E-state index in [1.807, 2.05) is 0 Å². The Morgan fingerprint density at radius 3 is 1.46 bits per heavy atom. The number of hydroxylamine groups is 2. The Kier molecular flexibility index (Phi) is 10.2. The van der Waals surface area contributed by atoms with E-state index in [-0.39, 0.29) is 24.9 Å². The summed E-state index contributed by atoms with van der Waals surface area (Å²) >= 11 is 0. The Morgan fingerprint density at radius 1 is 0.784 bits per heavy atom. The molecule has 214 valence electrons. The van der Waals surface area contributed by atoms with Gasteiger partial charge in [-0.2, -0.15) is 0 Å². The lowest BCUT2D eigenvalue weighted by atomic mass is 10.1. The number of hydrogen-bond acceptors (Lipinski definition) is 9. The number of amides is 3. The van der Waals surface area contributed by atoms with E-state index in [2.05, 4.69) is 0 Å². The van der Waals surface area contributed by atoms with Crippen LogP contribution < -0.4 is 0 Å². The predicted molar refractivity (Wildman–Crippen MR) is 134 cm³/mol. The number of hydrogen-bond donors (Lipinski definition) is 0. The first-order valence-electron chi connectivity index (χ1n) is 12.2. The third-order valence-electron chi connectivity index (χ3n) is 5.49. The number of ether oxygens (including phenoxy) is 4. The zero-order valence-electron chi connectivity index (χ0n) is 24.6. The summed E-state index contributed by atoms with van der Waals surface area (Å²) in [5.41, 5.74) is -2.94. The molecule has 0 aliphatic carbocycles. The second kappa shape index (κ2) is 11.5. The molecule has 0 bridgehead atoms. The van der Waals surface area contributed by atoms with E-state index in [9.17, 15) is 19.2 Å². The maximum Gasteiger partial charge on any atom is 0.413 e. The lowest BCUT2D eigenvalue weighted by Crippen LogP contribution is -2.54. The molecule has 2 rings (SSSR count). The first-order valence-corrected chi connectivity index (χ1v) is 12.2. The summed E-state index contributed by atoms with van der Waals surface area (Å²) < 4.78 is 21.6. The van der Waals surface area contributed by atoms with E-state index in [1.54, 1.807) is 69.2 Å². The van der Waals surface area contributed by atoms with Crippen LogP contribution in [0, 0.1) is 0 Å². The van der Waals surface area contributed by atoms with Gasteiger partial charge in [0.2, 0.25) is 0 Å². The number of ketones is 1. The minimum atomic E-state index is -0.906. The second-order valence-electron chi connectivity index (χ2n) is 11.9. The van der Waals surface area contributed by atoms with Crippen LogP contribution in [0.4, 0.5) is 9.59 Å². The monoisotopic (exact) mass is 531 g/mol. The van der Waals surface area contributed by atoms with Crippen LogP contribution in [0.5, 0.6) is 0 Å². The highest BCUT2D eigenvalue weighted by molar-refractivity contribution is 5.87. The highest BCUT2D eigenvalue weighted by Crippen LogP contribution is 2.31. The fourth-order valence-electron chi connectivity index (χ4n) is 3.70. The highest BCUT2D eigenvalue weighted by atomic mass is 16.7. The van der Waals surface area contributed by atoms with E-state index in [1.165, 1.54) is 30.9 Å². The van der Waals surface area contributed by atoms with Crippen molar-refractivity contribution in [2.24, 2.45) is 0 Å². The molecule has 2 heterocycles. The summed E-state index contributed by atoms with van der Waals surface area (Å²) in [6, 6.07) is -1.32. The second-order valence-corrected chi connectivity index (χ2v) is 11.9. The molecule has 0 N–H and O–H groups in total. The van der Waals surface area contributed by atoms with Gasteiger partial charge < -0.3 is 18.9 Å². The topological polar surface area (TPSA) is 124 Å². The van der Waals surface area contributed by atoms with Crippen molar-refractivity contribution in [1.82, 2.24) is 14.9 Å². The third kappa shape index (κ3) is 8.82. The van der Waals surface area contributed by atoms with Crippen molar-refractivity contribution >= 4 is 23.9 Å². The van der Waals surface area contributed by atoms with Crippen LogP contribution in [0.1, 0.15) is 76.2 Å². The molecule has 2 atom stereocenters. The molecule has 2 saturated heterocycles. The van der Waals surface area contributed by atoms with Gasteiger partial charge in [-0.3, -0.25) is 24.2 Å². The first kappa shape index (κ1) is 32.6. The van der Waals surface area contributed by atoms with Gasteiger partial charge >= 0.3 is 12.2 Å². The Bertz CT molecular complexity index is 858. The standard InChI is InChI=1S/C13H24N2O5.C12H21NO4/c1-12(2,3)20-11(17)15-9(8-19-13(15,4)5)10(16)14(6)18-7;1-8(14)9-7-16-12(5,6)13(9)10(15)17-11(2,3)4/h9H,8H2,1-7H3;9H,7H2,1-6H3. The SMILES string of the molecule is CC(=O)C1COC(C)(C)N1C(=O)OC(C)(C)C.CON(C)C(=O)C1COC(C)(C)N1C(=O)OC(C)(C)C. The summed E-state index contributed by atoms with van der Waals surface area (Å²) in [5.74, 6) is -0.453. The number of carbonyl (C=O) groups is 4. The molecule has 3 amide bonds. The Balaban J connectivity index is 0.000000375. The zero-order valence-corrected chi connectivity index (χ0v) is 24.6. The fourth-order valence-corrected chi connectivity index (χ4v) is 3.70. The minimum absolute atomic E-state index is 0.0959. The Morgan fingerprint density at radius 2 is 1.14 bits per heavy atom. The van der Waals surface area contributed by atoms with Crippen LogP contribution >= 0.6 is 0 Å². The number of rotatable bonds is 3. The molecule has 37 heavy (non-hydrogen) atoms. The van der Waals surface area contributed by atoms with E-state index in [0.717, 1.165) is 5.06 Å². The van der Waals surface area contributed by atoms with Gasteiger partial charge in [0.15, 0.2) is 5.78 Å². The van der Waals surface area contributed by atoms with Crippen LogP contribution in [0.25, 0.3) is 0 Å². The summed E-state index contributed by atoms with van der Waals surface area (Å²) in [6.45, 7) is 19.4. The molecule has 2 aliphatic rings. The molecule has 2 fully saturated rings. The summed E-state index contributed by atoms with van der Waals surface area (Å²) in [6.07, 6.45) is -1.09. The average molecular weight is 532 g/mol. The van der Waals surface area contributed by atoms with Crippen LogP contribution in [-0.4, -0.2) is 101 Å². The summed E-state index contributed by atoms with van der Waals surface area (Å²) in [7, 11) is 2.87. The average Bonchev–Trinajstić information content (AvgIpc) is 3.19. The lowest BCUT2D eigenvalue weighted by molar-refractivity contribution is -0.174. The quantitative estimate of drug-likeness (QED) is 0.504. The van der Waals surface area contributed by atoms with Gasteiger partial charge in [-0.05, 0) is 76.2 Å². The summed E-state index contributed by atoms with van der Waals surface area (Å²) in [4.78, 5) is 55.6. The van der Waals surface area contributed by atoms with E-state index >= 15 is 0 Å². The molecular weight excluding hydrogens is 486 g/mol. The molecule has 0 aromatic carbocycles. The molecule has 12 heteroatoms. The van der Waals surface area contributed by atoms with Crippen molar-refractivity contribution in [2.45, 2.75) is 111 Å². The van der Waals surface area contributed by atoms with Gasteiger partial charge in [-0.25, -0.2) is 14.7 Å². The van der Waals surface area contributed by atoms with Gasteiger partial charge in [-0.15, -0.1) is 0 Å². The highest BCUT2D eigenvalue weighted by Gasteiger charge is 2.50. The molecule has 2 unspecified atom stereocenters. The normalized spacial score (nSPS) is 22.6. The van der Waals surface area contributed by atoms with Crippen LogP contribution in [-0.2, 0) is 33.4 Å². The molecule has 0 spiro atoms. The third-order valence-corrected chi connectivity index (χ3v) is 5.49. The van der Waals surface area contributed by atoms with Gasteiger partial charge in [0, 0.05) is 7.05 Å². The molecule has 0 saturated carbocycles. The zero-order chi connectivity index (χ0) is 29.1. The van der Waals surface area contributed by atoms with Crippen molar-refractivity contribution < 1.29 is 43.0 Å².